The van der Waals surface area contributed by atoms with Crippen LogP contribution in [0.1, 0.15) is 61.6 Å². The topological polar surface area (TPSA) is 49.6 Å². The van der Waals surface area contributed by atoms with E-state index in [1.807, 2.05) is 39.8 Å². The average Bonchev–Trinajstić information content (AvgIpc) is 3.56. The Balaban J connectivity index is 0.00000114. The van der Waals surface area contributed by atoms with E-state index >= 15 is 0 Å². The molecule has 2 aliphatic rings. The molecule has 7 aromatic carbocycles. The van der Waals surface area contributed by atoms with Gasteiger partial charge in [0.25, 0.3) is 0 Å². The molecule has 0 radical (unpaired) electrons. The summed E-state index contributed by atoms with van der Waals surface area (Å²) in [5.74, 6) is 1.66. The molecule has 58 heavy (non-hydrogen) atoms. The van der Waals surface area contributed by atoms with Crippen LogP contribution < -0.4 is 5.32 Å². The van der Waals surface area contributed by atoms with Crippen molar-refractivity contribution in [3.05, 3.63) is 210 Å². The molecular formula is C54H48N4. The molecule has 10 rings (SSSR count). The summed E-state index contributed by atoms with van der Waals surface area (Å²) in [6, 6.07) is 64.2. The second-order valence-electron chi connectivity index (χ2n) is 14.0. The second kappa shape index (κ2) is 17.5. The first-order chi connectivity index (χ1) is 28.7. The first kappa shape index (κ1) is 38.0. The van der Waals surface area contributed by atoms with E-state index in [0.717, 1.165) is 56.9 Å². The number of amidine groups is 2. The van der Waals surface area contributed by atoms with E-state index in [4.69, 9.17) is 15.0 Å². The van der Waals surface area contributed by atoms with Crippen LogP contribution in [0.2, 0.25) is 0 Å². The summed E-state index contributed by atoms with van der Waals surface area (Å²) in [7, 11) is 0. The monoisotopic (exact) mass is 752 g/mol. The van der Waals surface area contributed by atoms with Crippen LogP contribution in [0.4, 0.5) is 0 Å². The zero-order chi connectivity index (χ0) is 39.8. The van der Waals surface area contributed by atoms with Crippen LogP contribution in [0.5, 0.6) is 0 Å². The van der Waals surface area contributed by atoms with E-state index in [-0.39, 0.29) is 6.04 Å². The predicted molar refractivity (Wildman–Crippen MR) is 246 cm³/mol. The van der Waals surface area contributed by atoms with Gasteiger partial charge in [0, 0.05) is 22.1 Å². The first-order valence-corrected chi connectivity index (χ1v) is 20.6. The normalized spacial score (nSPS) is 13.9. The van der Waals surface area contributed by atoms with E-state index in [0.29, 0.717) is 6.54 Å². The number of benzene rings is 7. The molecule has 2 heterocycles. The molecule has 8 aromatic rings. The highest BCUT2D eigenvalue weighted by Crippen LogP contribution is 2.45. The third-order valence-corrected chi connectivity index (χ3v) is 10.7. The molecule has 0 spiro atoms. The molecule has 0 saturated heterocycles. The number of fused-ring (bicyclic) bond motifs is 4. The Hall–Kier alpha value is -6.91. The van der Waals surface area contributed by atoms with Gasteiger partial charge in [0.2, 0.25) is 0 Å². The van der Waals surface area contributed by atoms with Crippen molar-refractivity contribution in [3.63, 3.8) is 0 Å². The standard InChI is InChI=1S/C50H36N4.2C2H6/c1-3-12-33(13-4-1)38-17-9-19-40(30-38)49-51-32-47(53-50(54-49)37-15-5-2-6-16-37)43-22-10-18-39-31-44-41(20-11-21-42(44)48(39)43)34-24-26-36(27-25-34)46-29-28-35-14-7-8-23-45(35)52-46;2*1-2/h1-30,47H,31-32H2,(H,51,53,54);2*1-2H3. The van der Waals surface area contributed by atoms with Crippen LogP contribution >= 0.6 is 0 Å². The minimum atomic E-state index is -0.166. The quantitative estimate of drug-likeness (QED) is 0.184. The number of aliphatic imine (C=N–C) groups is 2. The molecule has 1 unspecified atom stereocenters. The van der Waals surface area contributed by atoms with Gasteiger partial charge >= 0.3 is 0 Å². The maximum atomic E-state index is 5.45. The van der Waals surface area contributed by atoms with Gasteiger partial charge in [-0.3, -0.25) is 9.98 Å². The third kappa shape index (κ3) is 7.62. The van der Waals surface area contributed by atoms with Crippen molar-refractivity contribution < 1.29 is 0 Å². The SMILES string of the molecule is CC.CC.c1ccc(C2=NC(c3cccc4c3-c3cccc(-c5ccc(-c6ccc7ccccc7n6)cc5)c3C4)CN=C(c3cccc(-c4ccccc4)c3)N2)cc1. The summed E-state index contributed by atoms with van der Waals surface area (Å²) in [4.78, 5) is 15.6. The Bertz CT molecular complexity index is 2730. The van der Waals surface area contributed by atoms with Gasteiger partial charge in [0.15, 0.2) is 0 Å². The predicted octanol–water partition coefficient (Wildman–Crippen LogP) is 13.4. The molecule has 0 amide bonds. The fraction of sp³-hybridized carbons (Fsp3) is 0.130. The summed E-state index contributed by atoms with van der Waals surface area (Å²) >= 11 is 0. The van der Waals surface area contributed by atoms with Gasteiger partial charge in [-0.2, -0.15) is 0 Å². The van der Waals surface area contributed by atoms with Crippen molar-refractivity contribution in [1.82, 2.24) is 10.3 Å². The fourth-order valence-corrected chi connectivity index (χ4v) is 8.00. The molecule has 0 fully saturated rings. The zero-order valence-corrected chi connectivity index (χ0v) is 33.7. The molecule has 1 aromatic heterocycles. The van der Waals surface area contributed by atoms with Crippen molar-refractivity contribution in [2.45, 2.75) is 40.2 Å². The van der Waals surface area contributed by atoms with Gasteiger partial charge in [-0.15, -0.1) is 0 Å². The highest BCUT2D eigenvalue weighted by molar-refractivity contribution is 6.15. The molecule has 1 aliphatic heterocycles. The van der Waals surface area contributed by atoms with Crippen molar-refractivity contribution >= 4 is 22.6 Å². The van der Waals surface area contributed by atoms with Gasteiger partial charge in [0.05, 0.1) is 23.8 Å². The van der Waals surface area contributed by atoms with Gasteiger partial charge in [0.1, 0.15) is 11.7 Å². The summed E-state index contributed by atoms with van der Waals surface area (Å²) in [6.07, 6.45) is 0.879. The van der Waals surface area contributed by atoms with E-state index in [9.17, 15) is 0 Å². The van der Waals surface area contributed by atoms with E-state index in [2.05, 4.69) is 175 Å². The minimum Gasteiger partial charge on any atom is -0.325 e. The van der Waals surface area contributed by atoms with Crippen molar-refractivity contribution in [1.29, 1.82) is 0 Å². The molecule has 0 saturated carbocycles. The van der Waals surface area contributed by atoms with E-state index in [1.165, 1.54) is 44.5 Å². The Labute approximate surface area is 342 Å². The highest BCUT2D eigenvalue weighted by Gasteiger charge is 2.28. The number of nitrogens with one attached hydrogen (secondary N) is 1. The molecule has 1 N–H and O–H groups in total. The Morgan fingerprint density at radius 3 is 1.91 bits per heavy atom. The Morgan fingerprint density at radius 1 is 0.483 bits per heavy atom. The fourth-order valence-electron chi connectivity index (χ4n) is 8.00. The lowest BCUT2D eigenvalue weighted by atomic mass is 9.92. The number of hydrogen-bond acceptors (Lipinski definition) is 4. The largest absolute Gasteiger partial charge is 0.325 e. The zero-order valence-electron chi connectivity index (χ0n) is 33.7. The van der Waals surface area contributed by atoms with Crippen molar-refractivity contribution in [2.75, 3.05) is 6.54 Å². The lowest BCUT2D eigenvalue weighted by Gasteiger charge is -2.17. The molecule has 0 bridgehead atoms. The molecular weight excluding hydrogens is 705 g/mol. The molecule has 4 heteroatoms. The van der Waals surface area contributed by atoms with Crippen LogP contribution in [0.3, 0.4) is 0 Å². The lowest BCUT2D eigenvalue weighted by Crippen LogP contribution is -2.31. The number of para-hydroxylation sites is 1. The smallest absolute Gasteiger partial charge is 0.134 e. The van der Waals surface area contributed by atoms with Crippen molar-refractivity contribution in [2.24, 2.45) is 9.98 Å². The lowest BCUT2D eigenvalue weighted by molar-refractivity contribution is 0.747. The van der Waals surface area contributed by atoms with E-state index in [1.54, 1.807) is 0 Å². The Kier molecular flexibility index (Phi) is 11.5. The molecule has 1 atom stereocenters. The highest BCUT2D eigenvalue weighted by atomic mass is 15.1. The number of pyridine rings is 1. The van der Waals surface area contributed by atoms with Crippen LogP contribution in [0.15, 0.2) is 192 Å². The second-order valence-corrected chi connectivity index (χ2v) is 14.0. The maximum Gasteiger partial charge on any atom is 0.134 e. The van der Waals surface area contributed by atoms with Gasteiger partial charge in [-0.05, 0) is 74.7 Å². The molecule has 4 nitrogen and oxygen atoms in total. The van der Waals surface area contributed by atoms with Gasteiger partial charge in [-0.25, -0.2) is 4.98 Å². The third-order valence-electron chi connectivity index (χ3n) is 10.7. The Morgan fingerprint density at radius 2 is 1.12 bits per heavy atom. The first-order valence-electron chi connectivity index (χ1n) is 20.6. The number of hydrogen-bond donors (Lipinski definition) is 1. The molecule has 1 aliphatic carbocycles. The number of nitrogens with zero attached hydrogens (tertiary/aromatic N) is 3. The summed E-state index contributed by atoms with van der Waals surface area (Å²) in [6.45, 7) is 8.53. The minimum absolute atomic E-state index is 0.166. The van der Waals surface area contributed by atoms with Gasteiger partial charge in [-0.1, -0.05) is 191 Å². The number of rotatable bonds is 6. The summed E-state index contributed by atoms with van der Waals surface area (Å²) in [5, 5.41) is 4.82. The van der Waals surface area contributed by atoms with Crippen LogP contribution in [0, 0.1) is 0 Å². The van der Waals surface area contributed by atoms with Gasteiger partial charge < -0.3 is 5.32 Å². The average molecular weight is 753 g/mol. The summed E-state index contributed by atoms with van der Waals surface area (Å²) in [5.41, 5.74) is 16.5. The van der Waals surface area contributed by atoms with E-state index < -0.39 is 0 Å². The van der Waals surface area contributed by atoms with Crippen LogP contribution in [0.25, 0.3) is 55.5 Å². The summed E-state index contributed by atoms with van der Waals surface area (Å²) < 4.78 is 0. The maximum absolute atomic E-state index is 5.45. The van der Waals surface area contributed by atoms with Crippen LogP contribution in [-0.4, -0.2) is 23.2 Å². The molecule has 284 valence electrons. The van der Waals surface area contributed by atoms with Crippen molar-refractivity contribution in [3.8, 4) is 44.6 Å². The number of aromatic nitrogens is 1. The van der Waals surface area contributed by atoms with Crippen LogP contribution in [-0.2, 0) is 6.42 Å².